The zero-order chi connectivity index (χ0) is 21.3. The molecule has 1 aliphatic heterocycles. The molecule has 0 aliphatic carbocycles. The normalized spacial score (nSPS) is 14.8. The van der Waals surface area contributed by atoms with Gasteiger partial charge in [0.25, 0.3) is 5.91 Å². The fraction of sp³-hybridized carbons (Fsp3) is 0.455. The fourth-order valence-corrected chi connectivity index (χ4v) is 4.63. The minimum absolute atomic E-state index is 0. The van der Waals surface area contributed by atoms with Crippen LogP contribution >= 0.6 is 46.9 Å². The lowest BCUT2D eigenvalue weighted by molar-refractivity contribution is 0.0963. The van der Waals surface area contributed by atoms with Crippen molar-refractivity contribution in [1.29, 1.82) is 0 Å². The highest BCUT2D eigenvalue weighted by Gasteiger charge is 2.20. The quantitative estimate of drug-likeness (QED) is 0.300. The molecule has 6 nitrogen and oxygen atoms in total. The molecule has 3 rings (SSSR count). The van der Waals surface area contributed by atoms with Gasteiger partial charge in [-0.25, -0.2) is 0 Å². The van der Waals surface area contributed by atoms with E-state index in [0.29, 0.717) is 12.1 Å². The van der Waals surface area contributed by atoms with Crippen LogP contribution in [0.2, 0.25) is 4.34 Å². The van der Waals surface area contributed by atoms with Gasteiger partial charge < -0.3 is 15.5 Å². The summed E-state index contributed by atoms with van der Waals surface area (Å²) in [4.78, 5) is 22.8. The number of halogens is 2. The third kappa shape index (κ3) is 7.93. The highest BCUT2D eigenvalue weighted by Crippen LogP contribution is 2.23. The Hall–Kier alpha value is -1.36. The van der Waals surface area contributed by atoms with E-state index in [-0.39, 0.29) is 29.9 Å². The first kappa shape index (κ1) is 25.9. The van der Waals surface area contributed by atoms with Crippen LogP contribution in [0.15, 0.2) is 41.4 Å². The van der Waals surface area contributed by atoms with Crippen molar-refractivity contribution < 1.29 is 4.79 Å². The van der Waals surface area contributed by atoms with Gasteiger partial charge >= 0.3 is 0 Å². The standard InChI is InChI=1S/C22H30ClN5OS.HI/c1-3-25-22(26-10-9-17-5-4-6-18(15-17)21(29)24-2)28-13-11-27(12-14-28)16-19-7-8-20(23)30-19;/h4-8,15H,3,9-14,16H2,1-2H3,(H,24,29)(H,25,26);1H. The van der Waals surface area contributed by atoms with Gasteiger partial charge in [0.15, 0.2) is 5.96 Å². The molecule has 1 aromatic heterocycles. The Labute approximate surface area is 211 Å². The average molecular weight is 576 g/mol. The van der Waals surface area contributed by atoms with Crippen LogP contribution in [0.1, 0.15) is 27.7 Å². The number of hydrogen-bond donors (Lipinski definition) is 2. The molecule has 0 bridgehead atoms. The van der Waals surface area contributed by atoms with Crippen LogP contribution in [0.5, 0.6) is 0 Å². The second-order valence-corrected chi connectivity index (χ2v) is 9.03. The van der Waals surface area contributed by atoms with E-state index in [1.54, 1.807) is 18.4 Å². The predicted molar refractivity (Wildman–Crippen MR) is 141 cm³/mol. The molecular weight excluding hydrogens is 545 g/mol. The van der Waals surface area contributed by atoms with Crippen molar-refractivity contribution in [1.82, 2.24) is 20.4 Å². The zero-order valence-corrected chi connectivity index (χ0v) is 22.0. The van der Waals surface area contributed by atoms with E-state index in [2.05, 4.69) is 33.4 Å². The van der Waals surface area contributed by atoms with Crippen LogP contribution in [-0.2, 0) is 13.0 Å². The van der Waals surface area contributed by atoms with E-state index in [0.717, 1.165) is 61.5 Å². The highest BCUT2D eigenvalue weighted by molar-refractivity contribution is 14.0. The summed E-state index contributed by atoms with van der Waals surface area (Å²) in [6.45, 7) is 8.52. The first-order valence-corrected chi connectivity index (χ1v) is 11.6. The van der Waals surface area contributed by atoms with Gasteiger partial charge in [0.1, 0.15) is 0 Å². The number of piperazine rings is 1. The zero-order valence-electron chi connectivity index (χ0n) is 18.1. The number of carbonyl (C=O) groups is 1. The summed E-state index contributed by atoms with van der Waals surface area (Å²) in [6, 6.07) is 11.8. The topological polar surface area (TPSA) is 60.0 Å². The van der Waals surface area contributed by atoms with Crippen molar-refractivity contribution in [3.63, 3.8) is 0 Å². The number of carbonyl (C=O) groups excluding carboxylic acids is 1. The monoisotopic (exact) mass is 575 g/mol. The minimum atomic E-state index is -0.0589. The maximum Gasteiger partial charge on any atom is 0.251 e. The van der Waals surface area contributed by atoms with Gasteiger partial charge in [-0.2, -0.15) is 0 Å². The Morgan fingerprint density at radius 1 is 1.19 bits per heavy atom. The third-order valence-electron chi connectivity index (χ3n) is 5.09. The summed E-state index contributed by atoms with van der Waals surface area (Å²) in [5, 5.41) is 6.09. The molecule has 0 radical (unpaired) electrons. The van der Waals surface area contributed by atoms with Crippen LogP contribution in [0, 0.1) is 0 Å². The Bertz CT molecular complexity index is 867. The van der Waals surface area contributed by atoms with Gasteiger partial charge in [0, 0.05) is 63.3 Å². The van der Waals surface area contributed by atoms with Crippen LogP contribution in [-0.4, -0.2) is 68.0 Å². The van der Waals surface area contributed by atoms with Gasteiger partial charge in [-0.1, -0.05) is 23.7 Å². The average Bonchev–Trinajstić information content (AvgIpc) is 3.18. The Morgan fingerprint density at radius 2 is 1.97 bits per heavy atom. The molecule has 0 saturated carbocycles. The van der Waals surface area contributed by atoms with E-state index >= 15 is 0 Å². The molecule has 2 aromatic rings. The lowest BCUT2D eigenvalue weighted by atomic mass is 10.1. The maximum atomic E-state index is 11.8. The third-order valence-corrected chi connectivity index (χ3v) is 6.31. The molecule has 0 atom stereocenters. The summed E-state index contributed by atoms with van der Waals surface area (Å²) in [6.07, 6.45) is 0.804. The first-order chi connectivity index (χ1) is 14.6. The van der Waals surface area contributed by atoms with E-state index in [1.807, 2.05) is 30.3 Å². The Kier molecular flexibility index (Phi) is 11.1. The molecule has 0 unspecified atom stereocenters. The molecule has 170 valence electrons. The Morgan fingerprint density at radius 3 is 2.61 bits per heavy atom. The fourth-order valence-electron chi connectivity index (χ4n) is 3.50. The molecule has 31 heavy (non-hydrogen) atoms. The van der Waals surface area contributed by atoms with Crippen LogP contribution in [0.25, 0.3) is 0 Å². The molecular formula is C22H31ClIN5OS. The number of thiophene rings is 1. The van der Waals surface area contributed by atoms with Gasteiger partial charge in [0.05, 0.1) is 4.34 Å². The molecule has 9 heteroatoms. The summed E-state index contributed by atoms with van der Waals surface area (Å²) in [7, 11) is 1.65. The lowest BCUT2D eigenvalue weighted by Crippen LogP contribution is -2.52. The minimum Gasteiger partial charge on any atom is -0.357 e. The van der Waals surface area contributed by atoms with E-state index in [9.17, 15) is 4.79 Å². The maximum absolute atomic E-state index is 11.8. The summed E-state index contributed by atoms with van der Waals surface area (Å²) in [5.74, 6) is 0.912. The van der Waals surface area contributed by atoms with Gasteiger partial charge in [0.2, 0.25) is 0 Å². The molecule has 1 aromatic carbocycles. The van der Waals surface area contributed by atoms with Gasteiger partial charge in [-0.05, 0) is 43.2 Å². The molecule has 1 aliphatic rings. The number of guanidine groups is 1. The second kappa shape index (κ2) is 13.2. The highest BCUT2D eigenvalue weighted by atomic mass is 127. The number of nitrogens with one attached hydrogen (secondary N) is 2. The number of nitrogens with zero attached hydrogens (tertiary/aromatic N) is 3. The summed E-state index contributed by atoms with van der Waals surface area (Å²) in [5.41, 5.74) is 1.81. The summed E-state index contributed by atoms with van der Waals surface area (Å²) < 4.78 is 0.853. The Balaban J connectivity index is 0.00000341. The van der Waals surface area contributed by atoms with Crippen LogP contribution in [0.3, 0.4) is 0 Å². The molecule has 2 heterocycles. The molecule has 1 fully saturated rings. The number of aliphatic imine (C=N–C) groups is 1. The smallest absolute Gasteiger partial charge is 0.251 e. The first-order valence-electron chi connectivity index (χ1n) is 10.4. The largest absolute Gasteiger partial charge is 0.357 e. The van der Waals surface area contributed by atoms with Crippen LogP contribution < -0.4 is 10.6 Å². The van der Waals surface area contributed by atoms with E-state index in [1.165, 1.54) is 4.88 Å². The van der Waals surface area contributed by atoms with Gasteiger partial charge in [-0.15, -0.1) is 35.3 Å². The van der Waals surface area contributed by atoms with Crippen molar-refractivity contribution in [3.05, 3.63) is 56.7 Å². The molecule has 2 N–H and O–H groups in total. The van der Waals surface area contributed by atoms with Crippen molar-refractivity contribution in [2.24, 2.45) is 4.99 Å². The number of rotatable bonds is 7. The second-order valence-electron chi connectivity index (χ2n) is 7.23. The van der Waals surface area contributed by atoms with Crippen LogP contribution in [0.4, 0.5) is 0 Å². The molecule has 0 spiro atoms. The van der Waals surface area contributed by atoms with Crippen molar-refractivity contribution in [3.8, 4) is 0 Å². The van der Waals surface area contributed by atoms with Crippen molar-refractivity contribution in [2.75, 3.05) is 46.3 Å². The molecule has 1 amide bonds. The van der Waals surface area contributed by atoms with E-state index in [4.69, 9.17) is 16.6 Å². The number of benzene rings is 1. The number of hydrogen-bond acceptors (Lipinski definition) is 4. The molecule has 1 saturated heterocycles. The number of amides is 1. The van der Waals surface area contributed by atoms with Crippen molar-refractivity contribution in [2.45, 2.75) is 19.9 Å². The van der Waals surface area contributed by atoms with E-state index < -0.39 is 0 Å². The van der Waals surface area contributed by atoms with Crippen molar-refractivity contribution >= 4 is 58.8 Å². The SMILES string of the molecule is CCNC(=NCCc1cccc(C(=O)NC)c1)N1CCN(Cc2ccc(Cl)s2)CC1.I. The lowest BCUT2D eigenvalue weighted by Gasteiger charge is -2.36. The summed E-state index contributed by atoms with van der Waals surface area (Å²) >= 11 is 7.71. The predicted octanol–water partition coefficient (Wildman–Crippen LogP) is 3.70. The van der Waals surface area contributed by atoms with Gasteiger partial charge in [-0.3, -0.25) is 14.7 Å².